The average molecular weight is 250 g/mol. The number of aliphatic hydroxyl groups is 2. The topological polar surface area (TPSA) is 105 Å². The van der Waals surface area contributed by atoms with Crippen molar-refractivity contribution in [2.45, 2.75) is 18.7 Å². The SMILES string of the molecule is O=c1[nH]cnc2c(CN3CC(O)C3CO)c[nH]c12. The Morgan fingerprint density at radius 3 is 3.06 bits per heavy atom. The van der Waals surface area contributed by atoms with Crippen LogP contribution in [-0.2, 0) is 6.54 Å². The van der Waals surface area contributed by atoms with Crippen LogP contribution in [0, 0.1) is 0 Å². The molecular formula is C11H14N4O3. The van der Waals surface area contributed by atoms with Gasteiger partial charge in [0.25, 0.3) is 5.56 Å². The highest BCUT2D eigenvalue weighted by Gasteiger charge is 2.37. The van der Waals surface area contributed by atoms with Crippen LogP contribution in [0.4, 0.5) is 0 Å². The highest BCUT2D eigenvalue weighted by Crippen LogP contribution is 2.23. The van der Waals surface area contributed by atoms with Crippen molar-refractivity contribution < 1.29 is 10.2 Å². The van der Waals surface area contributed by atoms with Gasteiger partial charge in [-0.15, -0.1) is 0 Å². The number of likely N-dealkylation sites (tertiary alicyclic amines) is 1. The van der Waals surface area contributed by atoms with Crippen molar-refractivity contribution in [3.63, 3.8) is 0 Å². The van der Waals surface area contributed by atoms with Gasteiger partial charge in [0, 0.05) is 24.8 Å². The van der Waals surface area contributed by atoms with Crippen LogP contribution in [0.25, 0.3) is 11.0 Å². The summed E-state index contributed by atoms with van der Waals surface area (Å²) >= 11 is 0. The van der Waals surface area contributed by atoms with Crippen LogP contribution in [0.1, 0.15) is 5.56 Å². The van der Waals surface area contributed by atoms with E-state index in [-0.39, 0.29) is 18.2 Å². The van der Waals surface area contributed by atoms with Gasteiger partial charge in [0.15, 0.2) is 0 Å². The van der Waals surface area contributed by atoms with Crippen LogP contribution in [0.3, 0.4) is 0 Å². The minimum atomic E-state index is -0.475. The summed E-state index contributed by atoms with van der Waals surface area (Å²) in [6, 6.07) is -0.225. The molecule has 0 aromatic carbocycles. The van der Waals surface area contributed by atoms with Crippen molar-refractivity contribution in [1.82, 2.24) is 19.9 Å². The summed E-state index contributed by atoms with van der Waals surface area (Å²) in [6.45, 7) is 1.01. The van der Waals surface area contributed by atoms with E-state index in [0.29, 0.717) is 24.1 Å². The normalized spacial score (nSPS) is 24.3. The van der Waals surface area contributed by atoms with Gasteiger partial charge in [-0.1, -0.05) is 0 Å². The van der Waals surface area contributed by atoms with Crippen LogP contribution in [-0.4, -0.2) is 55.4 Å². The molecule has 3 rings (SSSR count). The van der Waals surface area contributed by atoms with Crippen molar-refractivity contribution >= 4 is 11.0 Å². The third-order valence-electron chi connectivity index (χ3n) is 3.44. The zero-order valence-electron chi connectivity index (χ0n) is 9.63. The number of aromatic amines is 2. The fourth-order valence-electron chi connectivity index (χ4n) is 2.37. The zero-order valence-corrected chi connectivity index (χ0v) is 9.63. The minimum Gasteiger partial charge on any atom is -0.395 e. The summed E-state index contributed by atoms with van der Waals surface area (Å²) in [5.41, 5.74) is 1.78. The zero-order chi connectivity index (χ0) is 12.7. The highest BCUT2D eigenvalue weighted by atomic mass is 16.3. The van der Waals surface area contributed by atoms with Gasteiger partial charge in [0.05, 0.1) is 30.6 Å². The maximum Gasteiger partial charge on any atom is 0.275 e. The number of hydrogen-bond donors (Lipinski definition) is 4. The second kappa shape index (κ2) is 4.20. The summed E-state index contributed by atoms with van der Waals surface area (Å²) in [5, 5.41) is 18.6. The lowest BCUT2D eigenvalue weighted by atomic mass is 9.99. The van der Waals surface area contributed by atoms with Crippen LogP contribution >= 0.6 is 0 Å². The molecule has 1 fully saturated rings. The first kappa shape index (κ1) is 11.4. The summed E-state index contributed by atoms with van der Waals surface area (Å²) in [7, 11) is 0. The van der Waals surface area contributed by atoms with Crippen molar-refractivity contribution in [3.8, 4) is 0 Å². The molecule has 7 heteroatoms. The number of H-pyrrole nitrogens is 2. The van der Waals surface area contributed by atoms with Crippen molar-refractivity contribution in [1.29, 1.82) is 0 Å². The van der Waals surface area contributed by atoms with Crippen LogP contribution in [0.2, 0.25) is 0 Å². The van der Waals surface area contributed by atoms with E-state index in [1.807, 2.05) is 4.90 Å². The molecule has 2 aromatic rings. The van der Waals surface area contributed by atoms with Gasteiger partial charge < -0.3 is 20.2 Å². The summed E-state index contributed by atoms with van der Waals surface area (Å²) in [6.07, 6.45) is 2.64. The van der Waals surface area contributed by atoms with E-state index in [1.54, 1.807) is 6.20 Å². The number of hydrogen-bond acceptors (Lipinski definition) is 5. The van der Waals surface area contributed by atoms with E-state index < -0.39 is 6.10 Å². The average Bonchev–Trinajstić information content (AvgIpc) is 2.74. The fraction of sp³-hybridized carbons (Fsp3) is 0.455. The smallest absolute Gasteiger partial charge is 0.275 e. The van der Waals surface area contributed by atoms with E-state index in [2.05, 4.69) is 15.0 Å². The molecule has 96 valence electrons. The van der Waals surface area contributed by atoms with Gasteiger partial charge in [-0.05, 0) is 0 Å². The Balaban J connectivity index is 1.88. The number of rotatable bonds is 3. The molecule has 0 amide bonds. The molecule has 1 saturated heterocycles. The lowest BCUT2D eigenvalue weighted by molar-refractivity contribution is -0.0864. The van der Waals surface area contributed by atoms with Gasteiger partial charge in [0.1, 0.15) is 5.52 Å². The van der Waals surface area contributed by atoms with Gasteiger partial charge in [-0.3, -0.25) is 9.69 Å². The van der Waals surface area contributed by atoms with Gasteiger partial charge in [0.2, 0.25) is 0 Å². The number of β-amino-alcohol motifs (C(OH)–C–C–N with tert-alkyl or cyclic N) is 1. The number of nitrogens with one attached hydrogen (secondary N) is 2. The molecule has 1 aliphatic rings. The Hall–Kier alpha value is -1.70. The second-order valence-corrected chi connectivity index (χ2v) is 4.52. The Morgan fingerprint density at radius 2 is 2.33 bits per heavy atom. The number of aromatic nitrogens is 3. The molecule has 0 aliphatic carbocycles. The molecule has 18 heavy (non-hydrogen) atoms. The van der Waals surface area contributed by atoms with E-state index in [1.165, 1.54) is 6.33 Å². The Kier molecular flexibility index (Phi) is 2.66. The number of nitrogens with zero attached hydrogens (tertiary/aromatic N) is 2. The largest absolute Gasteiger partial charge is 0.395 e. The fourth-order valence-corrected chi connectivity index (χ4v) is 2.37. The van der Waals surface area contributed by atoms with E-state index >= 15 is 0 Å². The van der Waals surface area contributed by atoms with Gasteiger partial charge in [-0.25, -0.2) is 4.98 Å². The third-order valence-corrected chi connectivity index (χ3v) is 3.44. The summed E-state index contributed by atoms with van der Waals surface area (Å²) in [4.78, 5) is 23.0. The van der Waals surface area contributed by atoms with Gasteiger partial charge >= 0.3 is 0 Å². The molecule has 3 heterocycles. The predicted octanol–water partition coefficient (Wildman–Crippen LogP) is -1.21. The van der Waals surface area contributed by atoms with Crippen LogP contribution < -0.4 is 5.56 Å². The van der Waals surface area contributed by atoms with Crippen LogP contribution in [0.15, 0.2) is 17.3 Å². The molecule has 0 spiro atoms. The third kappa shape index (κ3) is 1.64. The molecule has 0 bridgehead atoms. The molecule has 2 aromatic heterocycles. The minimum absolute atomic E-state index is 0.0719. The second-order valence-electron chi connectivity index (χ2n) is 4.52. The quantitative estimate of drug-likeness (QED) is 0.547. The number of aliphatic hydroxyl groups excluding tert-OH is 2. The van der Waals surface area contributed by atoms with Crippen molar-refractivity contribution in [2.75, 3.05) is 13.2 Å². The first-order valence-corrected chi connectivity index (χ1v) is 5.77. The maximum absolute atomic E-state index is 11.5. The summed E-state index contributed by atoms with van der Waals surface area (Å²) in [5.74, 6) is 0. The maximum atomic E-state index is 11.5. The number of fused-ring (bicyclic) bond motifs is 1. The standard InChI is InChI=1S/C11H14N4O3/c16-4-7-8(17)3-15(7)2-6-1-12-10-9(6)13-5-14-11(10)18/h1,5,7-8,12,16-17H,2-4H2,(H,13,14,18). The van der Waals surface area contributed by atoms with Crippen molar-refractivity contribution in [2.24, 2.45) is 0 Å². The highest BCUT2D eigenvalue weighted by molar-refractivity contribution is 5.77. The first-order chi connectivity index (χ1) is 8.70. The monoisotopic (exact) mass is 250 g/mol. The van der Waals surface area contributed by atoms with Crippen LogP contribution in [0.5, 0.6) is 0 Å². The first-order valence-electron chi connectivity index (χ1n) is 5.77. The Morgan fingerprint density at radius 1 is 1.50 bits per heavy atom. The van der Waals surface area contributed by atoms with E-state index in [0.717, 1.165) is 5.56 Å². The predicted molar refractivity (Wildman–Crippen MR) is 64.0 cm³/mol. The molecule has 1 aliphatic heterocycles. The summed E-state index contributed by atoms with van der Waals surface area (Å²) < 4.78 is 0. The Bertz CT molecular complexity index is 620. The lowest BCUT2D eigenvalue weighted by Crippen LogP contribution is -2.61. The molecule has 4 N–H and O–H groups in total. The molecular weight excluding hydrogens is 236 g/mol. The van der Waals surface area contributed by atoms with Gasteiger partial charge in [-0.2, -0.15) is 0 Å². The Labute approximate surface area is 102 Å². The molecule has 2 unspecified atom stereocenters. The lowest BCUT2D eigenvalue weighted by Gasteiger charge is -2.44. The van der Waals surface area contributed by atoms with E-state index in [9.17, 15) is 9.90 Å². The molecule has 2 atom stereocenters. The van der Waals surface area contributed by atoms with E-state index in [4.69, 9.17) is 5.11 Å². The molecule has 0 saturated carbocycles. The van der Waals surface area contributed by atoms with Crippen molar-refractivity contribution in [3.05, 3.63) is 28.4 Å². The molecule has 0 radical (unpaired) electrons. The molecule has 7 nitrogen and oxygen atoms in total.